The van der Waals surface area contributed by atoms with E-state index in [0.29, 0.717) is 6.42 Å². The van der Waals surface area contributed by atoms with Crippen molar-refractivity contribution in [3.63, 3.8) is 0 Å². The summed E-state index contributed by atoms with van der Waals surface area (Å²) in [6.07, 6.45) is 2.78. The third kappa shape index (κ3) is 3.08. The first-order valence-electron chi connectivity index (χ1n) is 11.6. The van der Waals surface area contributed by atoms with Crippen molar-refractivity contribution in [1.29, 1.82) is 0 Å². The number of allylic oxidation sites excluding steroid dienone is 4. The summed E-state index contributed by atoms with van der Waals surface area (Å²) >= 11 is 0. The van der Waals surface area contributed by atoms with Crippen LogP contribution >= 0.6 is 0 Å². The first kappa shape index (κ1) is 24.5. The van der Waals surface area contributed by atoms with E-state index in [-0.39, 0.29) is 54.1 Å². The Morgan fingerprint density at radius 1 is 1.22 bits per heavy atom. The Morgan fingerprint density at radius 2 is 1.81 bits per heavy atom. The van der Waals surface area contributed by atoms with E-state index in [1.54, 1.807) is 13.8 Å². The molecule has 0 radical (unpaired) electrons. The molecule has 0 saturated heterocycles. The Morgan fingerprint density at radius 3 is 2.31 bits per heavy atom. The zero-order chi connectivity index (χ0) is 24.4. The molecule has 1 N–H and O–H groups in total. The molecule has 0 aliphatic heterocycles. The van der Waals surface area contributed by atoms with Crippen LogP contribution in [0.15, 0.2) is 28.2 Å². The lowest BCUT2D eigenvalue weighted by molar-refractivity contribution is -0.144. The first-order chi connectivity index (χ1) is 14.6. The van der Waals surface area contributed by atoms with E-state index in [9.17, 15) is 24.4 Å². The number of aliphatic hydroxyl groups excluding tert-OH is 1. The van der Waals surface area contributed by atoms with Crippen molar-refractivity contribution < 1.29 is 19.5 Å². The largest absolute Gasteiger partial charge is 0.510 e. The number of Topliss-reactive ketones (excluding diaryl/α,β-unsaturated/α-hetero) is 3. The molecule has 4 atom stereocenters. The fourth-order valence-corrected chi connectivity index (χ4v) is 6.90. The SMILES string of the molecule is CC(C)=CCC12C[C@H]3C(C)(C)[C@H](C(C)(C)N=O)C[C@@]3(C(=O)C(C(=O)CC(C)C)=C1O)C2=O. The van der Waals surface area contributed by atoms with Gasteiger partial charge in [0.05, 0.1) is 10.8 Å². The highest BCUT2D eigenvalue weighted by Gasteiger charge is 2.78. The zero-order valence-corrected chi connectivity index (χ0v) is 20.7. The Hall–Kier alpha value is -2.11. The summed E-state index contributed by atoms with van der Waals surface area (Å²) in [4.78, 5) is 53.0. The van der Waals surface area contributed by atoms with Gasteiger partial charge in [0.2, 0.25) is 0 Å². The molecule has 176 valence electrons. The minimum atomic E-state index is -1.39. The summed E-state index contributed by atoms with van der Waals surface area (Å²) in [6.45, 7) is 15.1. The lowest BCUT2D eigenvalue weighted by atomic mass is 9.62. The van der Waals surface area contributed by atoms with E-state index in [2.05, 4.69) is 5.18 Å². The molecule has 0 amide bonds. The molecule has 2 saturated carbocycles. The van der Waals surface area contributed by atoms with Crippen LogP contribution in [0.4, 0.5) is 0 Å². The van der Waals surface area contributed by atoms with E-state index in [1.165, 1.54) is 0 Å². The Balaban J connectivity index is 2.27. The van der Waals surface area contributed by atoms with Gasteiger partial charge >= 0.3 is 0 Å². The lowest BCUT2D eigenvalue weighted by Crippen LogP contribution is -2.50. The molecule has 32 heavy (non-hydrogen) atoms. The number of nitrogens with zero attached hydrogens (tertiary/aromatic N) is 1. The molecule has 6 nitrogen and oxygen atoms in total. The van der Waals surface area contributed by atoms with Crippen molar-refractivity contribution in [2.45, 2.75) is 86.6 Å². The molecular formula is C26H37NO5. The second kappa shape index (κ2) is 7.46. The predicted molar refractivity (Wildman–Crippen MR) is 123 cm³/mol. The third-order valence-electron chi connectivity index (χ3n) is 8.45. The summed E-state index contributed by atoms with van der Waals surface area (Å²) < 4.78 is 0. The van der Waals surface area contributed by atoms with Crippen LogP contribution in [-0.4, -0.2) is 28.0 Å². The number of rotatable bonds is 7. The maximum Gasteiger partial charge on any atom is 0.183 e. The van der Waals surface area contributed by atoms with E-state index < -0.39 is 33.4 Å². The summed E-state index contributed by atoms with van der Waals surface area (Å²) in [5.41, 5.74) is -3.35. The van der Waals surface area contributed by atoms with Crippen molar-refractivity contribution in [3.05, 3.63) is 27.9 Å². The first-order valence-corrected chi connectivity index (χ1v) is 11.6. The number of hydrogen-bond acceptors (Lipinski definition) is 6. The van der Waals surface area contributed by atoms with Gasteiger partial charge in [0.1, 0.15) is 16.9 Å². The molecule has 1 spiro atoms. The molecule has 2 fully saturated rings. The van der Waals surface area contributed by atoms with Gasteiger partial charge in [-0.25, -0.2) is 0 Å². The van der Waals surface area contributed by atoms with Gasteiger partial charge in [-0.05, 0) is 70.1 Å². The Kier molecular flexibility index (Phi) is 5.72. The monoisotopic (exact) mass is 443 g/mol. The third-order valence-corrected chi connectivity index (χ3v) is 8.45. The standard InChI is InChI=1S/C26H37NO5/c1-14(2)9-10-25-12-18-23(5,6)17(24(7,8)27-32)13-26(18,22(25)31)21(30)19(20(25)29)16(28)11-15(3)4/h9,15,17-18,29H,10-13H2,1-8H3/t17-,18+,25?,26-/m1/s1. The van der Waals surface area contributed by atoms with Gasteiger partial charge in [-0.3, -0.25) is 14.4 Å². The minimum Gasteiger partial charge on any atom is -0.510 e. The van der Waals surface area contributed by atoms with E-state index in [4.69, 9.17) is 0 Å². The van der Waals surface area contributed by atoms with E-state index in [1.807, 2.05) is 47.6 Å². The second-order valence-corrected chi connectivity index (χ2v) is 12.0. The van der Waals surface area contributed by atoms with Crippen molar-refractivity contribution >= 4 is 17.3 Å². The van der Waals surface area contributed by atoms with Gasteiger partial charge < -0.3 is 5.11 Å². The summed E-state index contributed by atoms with van der Waals surface area (Å²) in [5, 5.41) is 14.7. The highest BCUT2D eigenvalue weighted by molar-refractivity contribution is 6.32. The van der Waals surface area contributed by atoms with E-state index >= 15 is 0 Å². The minimum absolute atomic E-state index is 0.0128. The quantitative estimate of drug-likeness (QED) is 0.242. The number of aliphatic hydroxyl groups is 1. The maximum atomic E-state index is 14.1. The molecule has 3 rings (SSSR count). The second-order valence-electron chi connectivity index (χ2n) is 12.0. The van der Waals surface area contributed by atoms with Gasteiger partial charge in [-0.1, -0.05) is 44.5 Å². The number of carbonyl (C=O) groups excluding carboxylic acids is 3. The van der Waals surface area contributed by atoms with Crippen LogP contribution < -0.4 is 0 Å². The highest BCUT2D eigenvalue weighted by atomic mass is 16.3. The van der Waals surface area contributed by atoms with Crippen LogP contribution in [0.5, 0.6) is 0 Å². The van der Waals surface area contributed by atoms with Crippen LogP contribution in [0, 0.1) is 38.9 Å². The van der Waals surface area contributed by atoms with Gasteiger partial charge in [0.15, 0.2) is 17.3 Å². The summed E-state index contributed by atoms with van der Waals surface area (Å²) in [5.74, 6) is -2.22. The molecule has 3 aliphatic carbocycles. The molecule has 2 bridgehead atoms. The van der Waals surface area contributed by atoms with Gasteiger partial charge in [-0.2, -0.15) is 4.91 Å². The number of ketones is 3. The fraction of sp³-hybridized carbons (Fsp3) is 0.731. The van der Waals surface area contributed by atoms with Crippen LogP contribution in [-0.2, 0) is 14.4 Å². The van der Waals surface area contributed by atoms with Crippen LogP contribution in [0.2, 0.25) is 0 Å². The number of carbonyl (C=O) groups is 3. The Labute approximate surface area is 190 Å². The fourth-order valence-electron chi connectivity index (χ4n) is 6.90. The molecule has 6 heteroatoms. The number of fused-ring (bicyclic) bond motifs is 1. The summed E-state index contributed by atoms with van der Waals surface area (Å²) in [7, 11) is 0. The molecule has 0 heterocycles. The van der Waals surface area contributed by atoms with Crippen molar-refractivity contribution in [2.75, 3.05) is 0 Å². The van der Waals surface area contributed by atoms with Crippen molar-refractivity contribution in [3.8, 4) is 0 Å². The molecular weight excluding hydrogens is 406 g/mol. The molecule has 3 aliphatic rings. The zero-order valence-electron chi connectivity index (χ0n) is 20.7. The molecule has 0 aromatic heterocycles. The number of nitroso groups, excluding NO2 is 1. The average molecular weight is 444 g/mol. The smallest absolute Gasteiger partial charge is 0.183 e. The van der Waals surface area contributed by atoms with Crippen molar-refractivity contribution in [1.82, 2.24) is 0 Å². The van der Waals surface area contributed by atoms with Gasteiger partial charge in [-0.15, -0.1) is 0 Å². The van der Waals surface area contributed by atoms with E-state index in [0.717, 1.165) is 5.57 Å². The van der Waals surface area contributed by atoms with Crippen molar-refractivity contribution in [2.24, 2.45) is 39.2 Å². The summed E-state index contributed by atoms with van der Waals surface area (Å²) in [6, 6.07) is 0. The normalized spacial score (nSPS) is 33.5. The van der Waals surface area contributed by atoms with Crippen LogP contribution in [0.25, 0.3) is 0 Å². The van der Waals surface area contributed by atoms with Gasteiger partial charge in [0.25, 0.3) is 0 Å². The Bertz CT molecular complexity index is 949. The average Bonchev–Trinajstić information content (AvgIpc) is 3.04. The highest BCUT2D eigenvalue weighted by Crippen LogP contribution is 2.73. The molecule has 1 unspecified atom stereocenters. The predicted octanol–water partition coefficient (Wildman–Crippen LogP) is 5.51. The van der Waals surface area contributed by atoms with Crippen LogP contribution in [0.3, 0.4) is 0 Å². The molecule has 0 aromatic rings. The molecule has 0 aromatic carbocycles. The topological polar surface area (TPSA) is 101 Å². The lowest BCUT2D eigenvalue weighted by Gasteiger charge is -2.40. The number of hydrogen-bond donors (Lipinski definition) is 1. The maximum absolute atomic E-state index is 14.1. The van der Waals surface area contributed by atoms with Crippen LogP contribution in [0.1, 0.15) is 81.1 Å². The van der Waals surface area contributed by atoms with Gasteiger partial charge in [0, 0.05) is 6.42 Å².